The summed E-state index contributed by atoms with van der Waals surface area (Å²) < 4.78 is 0. The summed E-state index contributed by atoms with van der Waals surface area (Å²) in [5.41, 5.74) is -0.339. The van der Waals surface area contributed by atoms with Crippen LogP contribution in [0.2, 0.25) is 0 Å². The van der Waals surface area contributed by atoms with Crippen molar-refractivity contribution in [1.29, 1.82) is 0 Å². The Balaban J connectivity index is 2.01. The van der Waals surface area contributed by atoms with Gasteiger partial charge in [0.1, 0.15) is 5.75 Å². The Morgan fingerprint density at radius 1 is 0.755 bits per heavy atom. The molecule has 1 aliphatic carbocycles. The third-order valence-electron chi connectivity index (χ3n) is 8.67. The molecule has 260 valence electrons. The van der Waals surface area contributed by atoms with Crippen molar-refractivity contribution in [3.63, 3.8) is 0 Å². The molecular weight excluding hydrogens is 626 g/mol. The first-order chi connectivity index (χ1) is 23.0. The predicted octanol–water partition coefficient (Wildman–Crippen LogP) is 4.73. The predicted molar refractivity (Wildman–Crippen MR) is 186 cm³/mol. The average Bonchev–Trinajstić information content (AvgIpc) is 3.05. The molecule has 5 N–H and O–H groups in total. The van der Waals surface area contributed by atoms with E-state index in [1.807, 2.05) is 0 Å². The Labute approximate surface area is 286 Å². The van der Waals surface area contributed by atoms with Crippen LogP contribution in [0.15, 0.2) is 89.7 Å². The standard InChI is InChI=1S/C39H45NO9/c1-21-11-9-7-8-10-12-33(45)40-29-19-32(44)34-28(39(29)49)18-26(6)38(48)35(34)37(47)25(5)17-24(4)36(46)23(3)14-16-27(41)15-13-22(2)31(43)20-30(21)42/h7-14,16-19,21,23-24,27,30,36,41-42,46,48H,15,20H2,1-6H3,(H,40,45). The van der Waals surface area contributed by atoms with E-state index in [4.69, 9.17) is 0 Å². The van der Waals surface area contributed by atoms with Crippen molar-refractivity contribution in [2.45, 2.75) is 72.7 Å². The van der Waals surface area contributed by atoms with E-state index in [2.05, 4.69) is 5.32 Å². The number of aryl methyl sites for hydroxylation is 1. The molecule has 6 atom stereocenters. The van der Waals surface area contributed by atoms with E-state index in [0.717, 1.165) is 12.2 Å². The monoisotopic (exact) mass is 671 g/mol. The molecule has 1 aromatic rings. The maximum Gasteiger partial charge on any atom is 0.248 e. The Morgan fingerprint density at radius 2 is 1.43 bits per heavy atom. The third-order valence-corrected chi connectivity index (χ3v) is 8.67. The lowest BCUT2D eigenvalue weighted by atomic mass is 9.83. The van der Waals surface area contributed by atoms with Crippen LogP contribution < -0.4 is 5.32 Å². The average molecular weight is 672 g/mol. The zero-order valence-corrected chi connectivity index (χ0v) is 28.6. The molecule has 1 amide bonds. The van der Waals surface area contributed by atoms with E-state index in [-0.39, 0.29) is 58.1 Å². The Morgan fingerprint density at radius 3 is 2.12 bits per heavy atom. The zero-order valence-electron chi connectivity index (χ0n) is 28.6. The fourth-order valence-electron chi connectivity index (χ4n) is 5.47. The number of benzene rings is 1. The Hall–Kier alpha value is -4.77. The molecule has 6 unspecified atom stereocenters. The minimum atomic E-state index is -0.986. The molecule has 4 bridgehead atoms. The lowest BCUT2D eigenvalue weighted by Crippen LogP contribution is -2.31. The van der Waals surface area contributed by atoms with Crippen molar-refractivity contribution >= 4 is 29.0 Å². The molecule has 10 heteroatoms. The van der Waals surface area contributed by atoms with Crippen molar-refractivity contribution in [3.8, 4) is 5.75 Å². The highest BCUT2D eigenvalue weighted by atomic mass is 16.3. The number of nitrogens with one attached hydrogen (secondary N) is 1. The fourth-order valence-corrected chi connectivity index (χ4v) is 5.47. The first-order valence-corrected chi connectivity index (χ1v) is 16.2. The fraction of sp³-hybridized carbons (Fsp3) is 0.359. The van der Waals surface area contributed by atoms with Gasteiger partial charge < -0.3 is 25.7 Å². The number of aliphatic hydroxyl groups excluding tert-OH is 3. The second kappa shape index (κ2) is 17.1. The van der Waals surface area contributed by atoms with Crippen LogP contribution in [-0.4, -0.2) is 67.8 Å². The number of carbonyl (C=O) groups excluding carboxylic acids is 5. The van der Waals surface area contributed by atoms with Crippen LogP contribution in [0.3, 0.4) is 0 Å². The van der Waals surface area contributed by atoms with E-state index in [9.17, 15) is 44.4 Å². The maximum atomic E-state index is 13.7. The summed E-state index contributed by atoms with van der Waals surface area (Å²) in [7, 11) is 0. The van der Waals surface area contributed by atoms with Crippen molar-refractivity contribution in [1.82, 2.24) is 5.32 Å². The molecule has 3 aliphatic rings. The summed E-state index contributed by atoms with van der Waals surface area (Å²) in [5, 5.41) is 45.3. The summed E-state index contributed by atoms with van der Waals surface area (Å²) in [4.78, 5) is 65.7. The molecule has 10 nitrogen and oxygen atoms in total. The SMILES string of the molecule is CC1=CCC(O)C=CC(C)C(O)C(C)C=C(C)C(=O)c2c(O)c(C)cc3c2C(=O)C=C(NC(=O)C=CC=CC=CC(C)C(O)CC1=O)C3=O. The second-order valence-electron chi connectivity index (χ2n) is 12.7. The van der Waals surface area contributed by atoms with E-state index in [1.54, 1.807) is 64.2 Å². The molecule has 4 rings (SSSR count). The number of hydrogen-bond acceptors (Lipinski definition) is 9. The Bertz CT molecular complexity index is 1720. The number of allylic oxidation sites excluding steroid dienone is 8. The number of hydrogen-bond donors (Lipinski definition) is 5. The van der Waals surface area contributed by atoms with Crippen molar-refractivity contribution in [2.75, 3.05) is 0 Å². The molecular formula is C39H45NO9. The number of amides is 1. The van der Waals surface area contributed by atoms with Gasteiger partial charge in [-0.15, -0.1) is 0 Å². The van der Waals surface area contributed by atoms with Crippen LogP contribution in [0, 0.1) is 24.7 Å². The van der Waals surface area contributed by atoms with Gasteiger partial charge in [-0.2, -0.15) is 0 Å². The van der Waals surface area contributed by atoms with Crippen LogP contribution >= 0.6 is 0 Å². The first-order valence-electron chi connectivity index (χ1n) is 16.2. The van der Waals surface area contributed by atoms with Crippen molar-refractivity contribution in [3.05, 3.63) is 112 Å². The van der Waals surface area contributed by atoms with Crippen LogP contribution in [-0.2, 0) is 9.59 Å². The lowest BCUT2D eigenvalue weighted by molar-refractivity contribution is -0.118. The van der Waals surface area contributed by atoms with E-state index in [1.165, 1.54) is 38.1 Å². The van der Waals surface area contributed by atoms with Gasteiger partial charge in [-0.3, -0.25) is 24.0 Å². The normalized spacial score (nSPS) is 26.8. The summed E-state index contributed by atoms with van der Waals surface area (Å²) in [5.74, 6) is -4.96. The first kappa shape index (κ1) is 38.7. The smallest absolute Gasteiger partial charge is 0.248 e. The van der Waals surface area contributed by atoms with E-state index >= 15 is 0 Å². The molecule has 2 heterocycles. The minimum Gasteiger partial charge on any atom is -0.507 e. The summed E-state index contributed by atoms with van der Waals surface area (Å²) in [6.45, 7) is 9.76. The molecule has 49 heavy (non-hydrogen) atoms. The van der Waals surface area contributed by atoms with Crippen LogP contribution in [0.4, 0.5) is 0 Å². The second-order valence-corrected chi connectivity index (χ2v) is 12.7. The largest absolute Gasteiger partial charge is 0.507 e. The highest BCUT2D eigenvalue weighted by Gasteiger charge is 2.34. The van der Waals surface area contributed by atoms with Gasteiger partial charge in [-0.1, -0.05) is 75.5 Å². The van der Waals surface area contributed by atoms with Crippen LogP contribution in [0.25, 0.3) is 0 Å². The molecule has 0 spiro atoms. The number of fused-ring (bicyclic) bond motifs is 18. The molecule has 0 aromatic heterocycles. The molecule has 0 radical (unpaired) electrons. The van der Waals surface area contributed by atoms with Gasteiger partial charge in [0, 0.05) is 47.5 Å². The number of aliphatic hydroxyl groups is 3. The van der Waals surface area contributed by atoms with E-state index < -0.39 is 59.2 Å². The van der Waals surface area contributed by atoms with Gasteiger partial charge in [-0.05, 0) is 50.0 Å². The molecule has 2 aliphatic heterocycles. The highest BCUT2D eigenvalue weighted by molar-refractivity contribution is 6.30. The summed E-state index contributed by atoms with van der Waals surface area (Å²) >= 11 is 0. The Kier molecular flexibility index (Phi) is 13.5. The maximum absolute atomic E-state index is 13.7. The summed E-state index contributed by atoms with van der Waals surface area (Å²) in [6.07, 6.45) is 13.4. The number of carbonyl (C=O) groups is 5. The minimum absolute atomic E-state index is 0.109. The number of phenols is 1. The summed E-state index contributed by atoms with van der Waals surface area (Å²) in [6, 6.07) is 1.30. The number of rotatable bonds is 0. The lowest BCUT2D eigenvalue weighted by Gasteiger charge is -2.22. The van der Waals surface area contributed by atoms with Gasteiger partial charge in [0.05, 0.1) is 29.6 Å². The van der Waals surface area contributed by atoms with Crippen LogP contribution in [0.1, 0.15) is 84.1 Å². The zero-order chi connectivity index (χ0) is 36.6. The number of Topliss-reactive ketones (excluding diaryl/α,β-unsaturated/α-hetero) is 3. The topological polar surface area (TPSA) is 178 Å². The number of phenolic OH excluding ortho intramolecular Hbond substituents is 1. The van der Waals surface area contributed by atoms with Gasteiger partial charge in [0.2, 0.25) is 11.7 Å². The molecule has 0 saturated heterocycles. The van der Waals surface area contributed by atoms with Crippen molar-refractivity contribution in [2.24, 2.45) is 17.8 Å². The van der Waals surface area contributed by atoms with E-state index in [0.29, 0.717) is 5.57 Å². The van der Waals surface area contributed by atoms with Gasteiger partial charge in [-0.25, -0.2) is 0 Å². The van der Waals surface area contributed by atoms with Gasteiger partial charge >= 0.3 is 0 Å². The number of aromatic hydroxyl groups is 1. The van der Waals surface area contributed by atoms with Gasteiger partial charge in [0.25, 0.3) is 0 Å². The van der Waals surface area contributed by atoms with Crippen LogP contribution in [0.5, 0.6) is 5.75 Å². The quantitative estimate of drug-likeness (QED) is 0.244. The van der Waals surface area contributed by atoms with Crippen molar-refractivity contribution < 1.29 is 44.4 Å². The molecule has 1 aromatic carbocycles. The molecule has 0 saturated carbocycles. The van der Waals surface area contributed by atoms with Gasteiger partial charge in [0.15, 0.2) is 17.3 Å². The molecule has 0 fully saturated rings. The number of ketones is 4. The third kappa shape index (κ3) is 9.88. The highest BCUT2D eigenvalue weighted by Crippen LogP contribution is 2.35.